The first kappa shape index (κ1) is 20.8. The molecule has 4 aliphatic carbocycles. The second-order valence-electron chi connectivity index (χ2n) is 9.50. The second-order valence-corrected chi connectivity index (χ2v) is 11.1. The van der Waals surface area contributed by atoms with Crippen molar-refractivity contribution >= 4 is 26.9 Å². The van der Waals surface area contributed by atoms with Gasteiger partial charge in [0.2, 0.25) is 0 Å². The maximum atomic E-state index is 14.3. The van der Waals surface area contributed by atoms with Gasteiger partial charge in [0, 0.05) is 0 Å². The van der Waals surface area contributed by atoms with Crippen LogP contribution >= 0.6 is 0 Å². The van der Waals surface area contributed by atoms with Crippen LogP contribution in [0.15, 0.2) is 42.5 Å². The van der Waals surface area contributed by atoms with Crippen LogP contribution in [0.5, 0.6) is 0 Å². The van der Waals surface area contributed by atoms with E-state index in [2.05, 4.69) is 16.9 Å². The van der Waals surface area contributed by atoms with Crippen LogP contribution in [0.2, 0.25) is 0 Å². The summed E-state index contributed by atoms with van der Waals surface area (Å²) in [6.07, 6.45) is 3.88. The molecule has 6 rings (SSSR count). The number of hydrogen-bond acceptors (Lipinski definition) is 5. The van der Waals surface area contributed by atoms with Crippen LogP contribution in [0.3, 0.4) is 0 Å². The van der Waals surface area contributed by atoms with Crippen molar-refractivity contribution in [1.29, 1.82) is 0 Å². The molecule has 0 heterocycles. The molecule has 0 saturated heterocycles. The number of methoxy groups -OCH3 is 1. The number of carbonyl (C=O) groups excluding carboxylic acids is 1. The molecule has 2 unspecified atom stereocenters. The van der Waals surface area contributed by atoms with Gasteiger partial charge in [-0.3, -0.25) is 4.18 Å². The Morgan fingerprint density at radius 2 is 1.68 bits per heavy atom. The summed E-state index contributed by atoms with van der Waals surface area (Å²) in [6, 6.07) is 14.1. The summed E-state index contributed by atoms with van der Waals surface area (Å²) < 4.78 is 63.0. The third-order valence-corrected chi connectivity index (χ3v) is 8.76. The smallest absolute Gasteiger partial charge is 0.464 e. The standard InChI is InChI=1S/C23H24F2O5S/c1-29-20(26)23(24,25)31(27,28)30-22-12-15-9-16(13-22)11-21(10-15,14-22)19-8-4-6-17-5-2-3-7-18(17)19/h2-8,15-16H,9-14H2,1H3. The molecule has 4 aliphatic rings. The molecular weight excluding hydrogens is 426 g/mol. The number of halogens is 2. The highest BCUT2D eigenvalue weighted by Crippen LogP contribution is 2.64. The molecule has 0 amide bonds. The minimum Gasteiger partial charge on any atom is -0.464 e. The fourth-order valence-corrected chi connectivity index (χ4v) is 7.84. The van der Waals surface area contributed by atoms with Crippen molar-refractivity contribution in [3.63, 3.8) is 0 Å². The van der Waals surface area contributed by atoms with Gasteiger partial charge in [0.05, 0.1) is 12.7 Å². The average molecular weight is 451 g/mol. The van der Waals surface area contributed by atoms with Crippen molar-refractivity contribution in [2.45, 2.75) is 54.8 Å². The molecule has 2 atom stereocenters. The number of ether oxygens (including phenoxy) is 1. The molecular formula is C23H24F2O5S. The highest BCUT2D eigenvalue weighted by Gasteiger charge is 2.64. The van der Waals surface area contributed by atoms with Gasteiger partial charge in [0.25, 0.3) is 0 Å². The van der Waals surface area contributed by atoms with Crippen LogP contribution in [0.4, 0.5) is 8.78 Å². The molecule has 0 N–H and O–H groups in total. The molecule has 0 spiro atoms. The fourth-order valence-electron chi connectivity index (χ4n) is 6.78. The predicted molar refractivity (Wildman–Crippen MR) is 110 cm³/mol. The first-order chi connectivity index (χ1) is 14.6. The lowest BCUT2D eigenvalue weighted by molar-refractivity contribution is -0.160. The highest BCUT2D eigenvalue weighted by molar-refractivity contribution is 7.88. The van der Waals surface area contributed by atoms with Crippen LogP contribution in [0, 0.1) is 11.8 Å². The van der Waals surface area contributed by atoms with E-state index in [1.165, 1.54) is 0 Å². The number of carbonyl (C=O) groups is 1. The van der Waals surface area contributed by atoms with Gasteiger partial charge in [-0.25, -0.2) is 4.79 Å². The molecule has 4 fully saturated rings. The SMILES string of the molecule is COC(=O)C(F)(F)S(=O)(=O)OC12CC3CC(C1)CC(c1cccc4ccccc14)(C3)C2. The Morgan fingerprint density at radius 1 is 1.03 bits per heavy atom. The number of hydrogen-bond donors (Lipinski definition) is 0. The van der Waals surface area contributed by atoms with Crippen LogP contribution in [0.1, 0.15) is 44.1 Å². The Balaban J connectivity index is 1.56. The summed E-state index contributed by atoms with van der Waals surface area (Å²) in [6.45, 7) is 0. The predicted octanol–water partition coefficient (Wildman–Crippen LogP) is 4.54. The zero-order valence-corrected chi connectivity index (χ0v) is 18.0. The highest BCUT2D eigenvalue weighted by atomic mass is 32.2. The number of alkyl halides is 2. The minimum absolute atomic E-state index is 0.196. The molecule has 166 valence electrons. The van der Waals surface area contributed by atoms with Gasteiger partial charge in [0.1, 0.15) is 0 Å². The van der Waals surface area contributed by atoms with E-state index in [-0.39, 0.29) is 17.3 Å². The molecule has 4 saturated carbocycles. The minimum atomic E-state index is -5.49. The van der Waals surface area contributed by atoms with E-state index in [4.69, 9.17) is 4.18 Å². The Morgan fingerprint density at radius 3 is 2.35 bits per heavy atom. The van der Waals surface area contributed by atoms with Crippen molar-refractivity contribution in [2.24, 2.45) is 11.8 Å². The Hall–Kier alpha value is -2.06. The lowest BCUT2D eigenvalue weighted by Gasteiger charge is -2.61. The van der Waals surface area contributed by atoms with E-state index in [1.807, 2.05) is 30.3 Å². The summed E-state index contributed by atoms with van der Waals surface area (Å²) in [7, 11) is -4.76. The van der Waals surface area contributed by atoms with Crippen molar-refractivity contribution in [3.8, 4) is 0 Å². The molecule has 2 aromatic carbocycles. The summed E-state index contributed by atoms with van der Waals surface area (Å²) in [4.78, 5) is 11.5. The topological polar surface area (TPSA) is 69.7 Å². The maximum Gasteiger partial charge on any atom is 0.466 e. The van der Waals surface area contributed by atoms with Crippen LogP contribution in [-0.4, -0.2) is 32.4 Å². The van der Waals surface area contributed by atoms with Crippen LogP contribution in [0.25, 0.3) is 10.8 Å². The van der Waals surface area contributed by atoms with E-state index in [0.29, 0.717) is 19.3 Å². The Kier molecular flexibility index (Phi) is 4.51. The summed E-state index contributed by atoms with van der Waals surface area (Å²) in [5.41, 5.74) is -0.428. The number of esters is 1. The monoisotopic (exact) mass is 450 g/mol. The molecule has 0 aliphatic heterocycles. The zero-order chi connectivity index (χ0) is 22.1. The van der Waals surface area contributed by atoms with Gasteiger partial charge in [-0.1, -0.05) is 42.5 Å². The van der Waals surface area contributed by atoms with Crippen LogP contribution in [-0.2, 0) is 29.2 Å². The van der Waals surface area contributed by atoms with Crippen molar-refractivity contribution in [2.75, 3.05) is 7.11 Å². The van der Waals surface area contributed by atoms with E-state index >= 15 is 0 Å². The molecule has 8 heteroatoms. The molecule has 0 radical (unpaired) electrons. The number of fused-ring (bicyclic) bond motifs is 1. The molecule has 31 heavy (non-hydrogen) atoms. The molecule has 0 aromatic heterocycles. The average Bonchev–Trinajstić information content (AvgIpc) is 2.70. The molecule has 5 nitrogen and oxygen atoms in total. The van der Waals surface area contributed by atoms with Crippen molar-refractivity contribution in [3.05, 3.63) is 48.0 Å². The Bertz CT molecular complexity index is 1140. The van der Waals surface area contributed by atoms with Crippen molar-refractivity contribution < 1.29 is 30.9 Å². The lowest BCUT2D eigenvalue weighted by atomic mass is 9.46. The maximum absolute atomic E-state index is 14.3. The summed E-state index contributed by atoms with van der Waals surface area (Å²) >= 11 is 0. The second kappa shape index (κ2) is 6.72. The first-order valence-corrected chi connectivity index (χ1v) is 11.9. The van der Waals surface area contributed by atoms with E-state index in [1.54, 1.807) is 0 Å². The lowest BCUT2D eigenvalue weighted by Crippen LogP contribution is -2.60. The normalized spacial score (nSPS) is 32.4. The fraction of sp³-hybridized carbons (Fsp3) is 0.522. The van der Waals surface area contributed by atoms with E-state index in [0.717, 1.165) is 42.7 Å². The third-order valence-electron chi connectivity index (χ3n) is 7.39. The Labute approximate surface area is 179 Å². The number of rotatable bonds is 5. The molecule has 4 bridgehead atoms. The molecule has 2 aromatic rings. The van der Waals surface area contributed by atoms with Gasteiger partial charge >= 0.3 is 21.3 Å². The zero-order valence-electron chi connectivity index (χ0n) is 17.1. The van der Waals surface area contributed by atoms with Crippen molar-refractivity contribution in [1.82, 2.24) is 0 Å². The van der Waals surface area contributed by atoms with E-state index < -0.39 is 26.9 Å². The van der Waals surface area contributed by atoms with Gasteiger partial charge in [-0.05, 0) is 72.1 Å². The summed E-state index contributed by atoms with van der Waals surface area (Å²) in [5, 5.41) is -2.54. The van der Waals surface area contributed by atoms with Gasteiger partial charge in [-0.2, -0.15) is 17.2 Å². The largest absolute Gasteiger partial charge is 0.466 e. The van der Waals surface area contributed by atoms with E-state index in [9.17, 15) is 22.0 Å². The third kappa shape index (κ3) is 3.09. The first-order valence-electron chi connectivity index (χ1n) is 10.5. The van der Waals surface area contributed by atoms with Crippen LogP contribution < -0.4 is 0 Å². The quantitative estimate of drug-likeness (QED) is 0.494. The van der Waals surface area contributed by atoms with Gasteiger partial charge < -0.3 is 4.74 Å². The van der Waals surface area contributed by atoms with Gasteiger partial charge in [-0.15, -0.1) is 0 Å². The number of benzene rings is 2. The van der Waals surface area contributed by atoms with Gasteiger partial charge in [0.15, 0.2) is 0 Å². The summed E-state index contributed by atoms with van der Waals surface area (Å²) in [5.74, 6) is -1.73.